The molecule has 0 saturated heterocycles. The van der Waals surface area contributed by atoms with E-state index in [9.17, 15) is 4.79 Å². The van der Waals surface area contributed by atoms with E-state index in [0.717, 1.165) is 16.7 Å². The Morgan fingerprint density at radius 2 is 2.15 bits per heavy atom. The summed E-state index contributed by atoms with van der Waals surface area (Å²) in [7, 11) is 0. The predicted molar refractivity (Wildman–Crippen MR) is 53.8 cm³/mol. The van der Waals surface area contributed by atoms with Crippen LogP contribution < -0.4 is 0 Å². The molecule has 2 rings (SSSR count). The molecule has 1 nitrogen and oxygen atoms in total. The van der Waals surface area contributed by atoms with E-state index in [-0.39, 0.29) is 5.78 Å². The second-order valence-corrected chi connectivity index (χ2v) is 3.71. The molecule has 0 heterocycles. The summed E-state index contributed by atoms with van der Waals surface area (Å²) < 4.78 is 0. The second kappa shape index (κ2) is 3.00. The van der Waals surface area contributed by atoms with Gasteiger partial charge >= 0.3 is 0 Å². The maximum atomic E-state index is 11.2. The topological polar surface area (TPSA) is 17.1 Å². The Labute approximate surface area is 82.0 Å². The van der Waals surface area contributed by atoms with Crippen LogP contribution in [0, 0.1) is 0 Å². The van der Waals surface area contributed by atoms with E-state index in [1.165, 1.54) is 0 Å². The Balaban J connectivity index is 2.60. The summed E-state index contributed by atoms with van der Waals surface area (Å²) in [6, 6.07) is 5.69. The predicted octanol–water partition coefficient (Wildman–Crippen LogP) is 2.87. The molecule has 2 heteroatoms. The number of halogens is 1. The van der Waals surface area contributed by atoms with Crippen LogP contribution in [0.1, 0.15) is 18.1 Å². The third-order valence-electron chi connectivity index (χ3n) is 2.23. The fourth-order valence-corrected chi connectivity index (χ4v) is 1.85. The highest BCUT2D eigenvalue weighted by Gasteiger charge is 2.14. The zero-order valence-electron chi connectivity index (χ0n) is 7.30. The smallest absolute Gasteiger partial charge is 0.160 e. The third-order valence-corrected chi connectivity index (χ3v) is 2.47. The highest BCUT2D eigenvalue weighted by Crippen LogP contribution is 2.26. The van der Waals surface area contributed by atoms with Crippen molar-refractivity contribution in [1.29, 1.82) is 0 Å². The number of carbonyl (C=O) groups is 1. The first kappa shape index (κ1) is 8.52. The van der Waals surface area contributed by atoms with E-state index < -0.39 is 0 Å². The van der Waals surface area contributed by atoms with Crippen molar-refractivity contribution in [3.63, 3.8) is 0 Å². The van der Waals surface area contributed by atoms with Crippen LogP contribution in [0.15, 0.2) is 24.3 Å². The van der Waals surface area contributed by atoms with Gasteiger partial charge in [0.1, 0.15) is 0 Å². The van der Waals surface area contributed by atoms with Crippen LogP contribution in [0.3, 0.4) is 0 Å². The van der Waals surface area contributed by atoms with Crippen LogP contribution in [-0.4, -0.2) is 5.78 Å². The maximum Gasteiger partial charge on any atom is 0.160 e. The van der Waals surface area contributed by atoms with Gasteiger partial charge in [-0.05, 0) is 41.8 Å². The Kier molecular flexibility index (Phi) is 1.97. The molecule has 0 bridgehead atoms. The standard InChI is InChI=1S/C11H9ClO/c1-7-4-10(13)6-8-5-9(12)2-3-11(7)8/h2-5H,6H2,1H3. The largest absolute Gasteiger partial charge is 0.294 e. The van der Waals surface area contributed by atoms with Gasteiger partial charge in [-0.3, -0.25) is 4.79 Å². The van der Waals surface area contributed by atoms with E-state index in [4.69, 9.17) is 11.6 Å². The van der Waals surface area contributed by atoms with E-state index in [2.05, 4.69) is 0 Å². The summed E-state index contributed by atoms with van der Waals surface area (Å²) in [6.07, 6.45) is 2.17. The molecule has 0 spiro atoms. The van der Waals surface area contributed by atoms with Gasteiger partial charge in [-0.2, -0.15) is 0 Å². The summed E-state index contributed by atoms with van der Waals surface area (Å²) in [5, 5.41) is 0.696. The van der Waals surface area contributed by atoms with Crippen molar-refractivity contribution in [3.8, 4) is 0 Å². The Bertz CT molecular complexity index is 405. The van der Waals surface area contributed by atoms with E-state index in [1.807, 2.05) is 25.1 Å². The number of rotatable bonds is 0. The van der Waals surface area contributed by atoms with Gasteiger partial charge in [0.2, 0.25) is 0 Å². The maximum absolute atomic E-state index is 11.2. The molecule has 0 atom stereocenters. The molecule has 0 amide bonds. The van der Waals surface area contributed by atoms with Gasteiger partial charge in [0.25, 0.3) is 0 Å². The van der Waals surface area contributed by atoms with Gasteiger partial charge in [-0.25, -0.2) is 0 Å². The number of carbonyl (C=O) groups excluding carboxylic acids is 1. The molecule has 13 heavy (non-hydrogen) atoms. The lowest BCUT2D eigenvalue weighted by atomic mass is 9.91. The fourth-order valence-electron chi connectivity index (χ4n) is 1.65. The first-order valence-corrected chi connectivity index (χ1v) is 4.54. The zero-order chi connectivity index (χ0) is 9.42. The third kappa shape index (κ3) is 1.52. The van der Waals surface area contributed by atoms with Crippen molar-refractivity contribution >= 4 is 23.0 Å². The monoisotopic (exact) mass is 192 g/mol. The van der Waals surface area contributed by atoms with Crippen LogP contribution in [0.5, 0.6) is 0 Å². The fraction of sp³-hybridized carbons (Fsp3) is 0.182. The van der Waals surface area contributed by atoms with Gasteiger partial charge in [0.15, 0.2) is 5.78 Å². The van der Waals surface area contributed by atoms with Gasteiger partial charge in [-0.15, -0.1) is 0 Å². The second-order valence-electron chi connectivity index (χ2n) is 3.27. The van der Waals surface area contributed by atoms with Crippen LogP contribution in [0.2, 0.25) is 5.02 Å². The first-order chi connectivity index (χ1) is 6.16. The summed E-state index contributed by atoms with van der Waals surface area (Å²) >= 11 is 5.84. The SMILES string of the molecule is CC1=CC(=O)Cc2cc(Cl)ccc21. The Hall–Kier alpha value is -1.08. The van der Waals surface area contributed by atoms with Crippen molar-refractivity contribution in [2.75, 3.05) is 0 Å². The molecule has 0 saturated carbocycles. The molecular weight excluding hydrogens is 184 g/mol. The molecule has 1 aliphatic carbocycles. The first-order valence-electron chi connectivity index (χ1n) is 4.17. The molecule has 0 unspecified atom stereocenters. The summed E-state index contributed by atoms with van der Waals surface area (Å²) in [5.74, 6) is 0.160. The number of allylic oxidation sites excluding steroid dienone is 2. The molecule has 1 aromatic carbocycles. The highest BCUT2D eigenvalue weighted by molar-refractivity contribution is 6.30. The molecule has 0 aliphatic heterocycles. The zero-order valence-corrected chi connectivity index (χ0v) is 8.06. The lowest BCUT2D eigenvalue weighted by Gasteiger charge is -2.13. The van der Waals surface area contributed by atoms with Gasteiger partial charge in [0, 0.05) is 11.4 Å². The molecule has 66 valence electrons. The van der Waals surface area contributed by atoms with Gasteiger partial charge in [0.05, 0.1) is 0 Å². The quantitative estimate of drug-likeness (QED) is 0.618. The molecule has 0 fully saturated rings. The van der Waals surface area contributed by atoms with Crippen molar-refractivity contribution in [2.45, 2.75) is 13.3 Å². The molecule has 0 radical (unpaired) electrons. The number of ketones is 1. The van der Waals surface area contributed by atoms with Crippen LogP contribution in [0.4, 0.5) is 0 Å². The molecule has 0 N–H and O–H groups in total. The van der Waals surface area contributed by atoms with Crippen molar-refractivity contribution in [1.82, 2.24) is 0 Å². The summed E-state index contributed by atoms with van der Waals surface area (Å²) in [4.78, 5) is 11.2. The van der Waals surface area contributed by atoms with E-state index in [1.54, 1.807) is 6.08 Å². The molecule has 1 aliphatic rings. The van der Waals surface area contributed by atoms with Crippen molar-refractivity contribution in [2.24, 2.45) is 0 Å². The molecular formula is C11H9ClO. The van der Waals surface area contributed by atoms with Crippen LogP contribution in [0.25, 0.3) is 5.57 Å². The number of hydrogen-bond acceptors (Lipinski definition) is 1. The lowest BCUT2D eigenvalue weighted by molar-refractivity contribution is -0.114. The minimum absolute atomic E-state index is 0.160. The molecule has 0 aromatic heterocycles. The van der Waals surface area contributed by atoms with Gasteiger partial charge in [-0.1, -0.05) is 17.7 Å². The average molecular weight is 193 g/mol. The van der Waals surface area contributed by atoms with E-state index >= 15 is 0 Å². The number of benzene rings is 1. The lowest BCUT2D eigenvalue weighted by Crippen LogP contribution is -2.07. The Morgan fingerprint density at radius 3 is 2.92 bits per heavy atom. The number of hydrogen-bond donors (Lipinski definition) is 0. The molecule has 1 aromatic rings. The Morgan fingerprint density at radius 1 is 1.38 bits per heavy atom. The van der Waals surface area contributed by atoms with Gasteiger partial charge < -0.3 is 0 Å². The summed E-state index contributed by atoms with van der Waals surface area (Å²) in [5.41, 5.74) is 3.21. The van der Waals surface area contributed by atoms with Crippen molar-refractivity contribution < 1.29 is 4.79 Å². The highest BCUT2D eigenvalue weighted by atomic mass is 35.5. The van der Waals surface area contributed by atoms with Crippen LogP contribution >= 0.6 is 11.6 Å². The minimum Gasteiger partial charge on any atom is -0.294 e. The normalized spacial score (nSPS) is 15.2. The summed E-state index contributed by atoms with van der Waals surface area (Å²) in [6.45, 7) is 1.95. The average Bonchev–Trinajstić information content (AvgIpc) is 2.02. The number of fused-ring (bicyclic) bond motifs is 1. The minimum atomic E-state index is 0.160. The van der Waals surface area contributed by atoms with E-state index in [0.29, 0.717) is 11.4 Å². The van der Waals surface area contributed by atoms with Crippen LogP contribution in [-0.2, 0) is 11.2 Å². The van der Waals surface area contributed by atoms with Crippen molar-refractivity contribution in [3.05, 3.63) is 40.4 Å².